The number of nitrogens with zero attached hydrogens (tertiary/aromatic N) is 2. The first-order valence-electron chi connectivity index (χ1n) is 8.14. The molecule has 0 aliphatic carbocycles. The van der Waals surface area contributed by atoms with Crippen LogP contribution in [0.2, 0.25) is 0 Å². The van der Waals surface area contributed by atoms with Crippen molar-refractivity contribution in [1.82, 2.24) is 9.47 Å². The van der Waals surface area contributed by atoms with E-state index in [1.807, 2.05) is 24.5 Å². The largest absolute Gasteiger partial charge is 0.385 e. The second-order valence-corrected chi connectivity index (χ2v) is 6.67. The van der Waals surface area contributed by atoms with Crippen LogP contribution in [-0.4, -0.2) is 36.3 Å². The fourth-order valence-corrected chi connectivity index (χ4v) is 3.11. The number of likely N-dealkylation sites (N-methyl/N-ethyl adjacent to an activating group) is 1. The molecule has 1 aliphatic heterocycles. The van der Waals surface area contributed by atoms with Crippen molar-refractivity contribution in [2.45, 2.75) is 52.2 Å². The molecule has 0 unspecified atom stereocenters. The summed E-state index contributed by atoms with van der Waals surface area (Å²) in [6, 6.07) is 2.03. The molecule has 1 aromatic heterocycles. The lowest BCUT2D eigenvalue weighted by Crippen LogP contribution is -2.42. The highest BCUT2D eigenvalue weighted by atomic mass is 16.5. The Hall–Kier alpha value is -1.17. The van der Waals surface area contributed by atoms with Gasteiger partial charge < -0.3 is 15.0 Å². The molecule has 2 heterocycles. The summed E-state index contributed by atoms with van der Waals surface area (Å²) in [5, 5.41) is 0. The quantitative estimate of drug-likeness (QED) is 0.808. The van der Waals surface area contributed by atoms with Crippen molar-refractivity contribution in [1.29, 1.82) is 0 Å². The van der Waals surface area contributed by atoms with Crippen molar-refractivity contribution in [2.75, 3.05) is 26.8 Å². The molecular weight excluding hydrogens is 278 g/mol. The zero-order chi connectivity index (χ0) is 16.3. The van der Waals surface area contributed by atoms with Gasteiger partial charge in [-0.25, -0.2) is 0 Å². The van der Waals surface area contributed by atoms with Crippen molar-refractivity contribution in [3.63, 3.8) is 0 Å². The number of aromatic nitrogens is 1. The first kappa shape index (κ1) is 17.2. The molecule has 22 heavy (non-hydrogen) atoms. The Balaban J connectivity index is 2.48. The molecule has 124 valence electrons. The third-order valence-corrected chi connectivity index (χ3v) is 4.42. The molecule has 0 saturated heterocycles. The van der Waals surface area contributed by atoms with Crippen LogP contribution in [0.5, 0.6) is 0 Å². The van der Waals surface area contributed by atoms with Crippen molar-refractivity contribution in [2.24, 2.45) is 5.73 Å². The van der Waals surface area contributed by atoms with Crippen LogP contribution in [0.4, 0.5) is 0 Å². The van der Waals surface area contributed by atoms with Gasteiger partial charge in [0.05, 0.1) is 0 Å². The first-order valence-corrected chi connectivity index (χ1v) is 8.14. The second-order valence-electron chi connectivity index (χ2n) is 6.67. The lowest BCUT2D eigenvalue weighted by atomic mass is 9.92. The molecular formula is C17H29N3O2. The summed E-state index contributed by atoms with van der Waals surface area (Å²) in [5.41, 5.74) is 8.81. The van der Waals surface area contributed by atoms with Crippen molar-refractivity contribution in [3.05, 3.63) is 33.2 Å². The van der Waals surface area contributed by atoms with Crippen molar-refractivity contribution >= 4 is 0 Å². The number of hydrogen-bond donors (Lipinski definition) is 1. The molecule has 0 radical (unpaired) electrons. The maximum atomic E-state index is 12.9. The van der Waals surface area contributed by atoms with Gasteiger partial charge in [0.2, 0.25) is 0 Å². The number of nitrogens with two attached hydrogens (primary N) is 1. The Morgan fingerprint density at radius 1 is 1.41 bits per heavy atom. The Morgan fingerprint density at radius 2 is 2.14 bits per heavy atom. The highest BCUT2D eigenvalue weighted by Gasteiger charge is 2.26. The van der Waals surface area contributed by atoms with Gasteiger partial charge in [0, 0.05) is 56.6 Å². The fourth-order valence-electron chi connectivity index (χ4n) is 3.11. The molecule has 0 amide bonds. The molecule has 2 rings (SSSR count). The van der Waals surface area contributed by atoms with E-state index in [0.29, 0.717) is 18.7 Å². The van der Waals surface area contributed by atoms with Gasteiger partial charge in [0.25, 0.3) is 5.56 Å². The molecule has 0 saturated carbocycles. The van der Waals surface area contributed by atoms with Crippen LogP contribution in [0.1, 0.15) is 44.0 Å². The van der Waals surface area contributed by atoms with Gasteiger partial charge in [-0.05, 0) is 38.4 Å². The van der Waals surface area contributed by atoms with E-state index in [1.165, 1.54) is 11.3 Å². The lowest BCUT2D eigenvalue weighted by Gasteiger charge is -2.31. The Morgan fingerprint density at radius 3 is 2.73 bits per heavy atom. The average Bonchev–Trinajstić information content (AvgIpc) is 2.47. The molecule has 0 aromatic carbocycles. The summed E-state index contributed by atoms with van der Waals surface area (Å²) in [7, 11) is 1.69. The normalized spacial score (nSPS) is 15.9. The van der Waals surface area contributed by atoms with Crippen molar-refractivity contribution < 1.29 is 4.74 Å². The van der Waals surface area contributed by atoms with Crippen molar-refractivity contribution in [3.8, 4) is 0 Å². The topological polar surface area (TPSA) is 60.5 Å². The van der Waals surface area contributed by atoms with Crippen LogP contribution in [0, 0.1) is 0 Å². The van der Waals surface area contributed by atoms with Gasteiger partial charge in [-0.2, -0.15) is 0 Å². The number of pyridine rings is 1. The third-order valence-electron chi connectivity index (χ3n) is 4.42. The molecule has 0 bridgehead atoms. The van der Waals surface area contributed by atoms with E-state index < -0.39 is 5.54 Å². The Labute approximate surface area is 133 Å². The highest BCUT2D eigenvalue weighted by molar-refractivity contribution is 5.32. The van der Waals surface area contributed by atoms with Crippen LogP contribution < -0.4 is 11.3 Å². The highest BCUT2D eigenvalue weighted by Crippen LogP contribution is 2.22. The zero-order valence-corrected chi connectivity index (χ0v) is 14.3. The summed E-state index contributed by atoms with van der Waals surface area (Å²) in [6.45, 7) is 10.3. The molecule has 5 heteroatoms. The van der Waals surface area contributed by atoms with Crippen LogP contribution in [-0.2, 0) is 29.8 Å². The average molecular weight is 307 g/mol. The first-order chi connectivity index (χ1) is 10.4. The van der Waals surface area contributed by atoms with Crippen LogP contribution in [0.3, 0.4) is 0 Å². The monoisotopic (exact) mass is 307 g/mol. The predicted octanol–water partition coefficient (Wildman–Crippen LogP) is 1.46. The fraction of sp³-hybridized carbons (Fsp3) is 0.706. The Bertz CT molecular complexity index is 572. The number of methoxy groups -OCH3 is 1. The lowest BCUT2D eigenvalue weighted by molar-refractivity contribution is 0.188. The molecule has 2 N–H and O–H groups in total. The standard InChI is InChI=1S/C17H29N3O2/c1-5-19-9-7-15-13(12-19)11-14(17(2,3)18)16(21)20(15)8-6-10-22-4/h11H,5-10,12,18H2,1-4H3. The number of ether oxygens (including phenoxy) is 1. The Kier molecular flexibility index (Phi) is 5.42. The molecule has 1 aliphatic rings. The van der Waals surface area contributed by atoms with Gasteiger partial charge in [0.1, 0.15) is 0 Å². The smallest absolute Gasteiger partial charge is 0.255 e. The van der Waals surface area contributed by atoms with E-state index in [9.17, 15) is 4.79 Å². The molecule has 0 fully saturated rings. The number of rotatable bonds is 6. The predicted molar refractivity (Wildman–Crippen MR) is 89.1 cm³/mol. The van der Waals surface area contributed by atoms with E-state index in [2.05, 4.69) is 11.8 Å². The van der Waals surface area contributed by atoms with E-state index in [0.717, 1.165) is 32.5 Å². The SMILES string of the molecule is CCN1CCc2c(cc(C(C)(C)N)c(=O)n2CCCOC)C1. The summed E-state index contributed by atoms with van der Waals surface area (Å²) in [4.78, 5) is 15.3. The maximum absolute atomic E-state index is 12.9. The number of hydrogen-bond acceptors (Lipinski definition) is 4. The van der Waals surface area contributed by atoms with E-state index in [1.54, 1.807) is 7.11 Å². The van der Waals surface area contributed by atoms with E-state index >= 15 is 0 Å². The minimum atomic E-state index is -0.621. The van der Waals surface area contributed by atoms with Gasteiger partial charge in [-0.3, -0.25) is 9.69 Å². The van der Waals surface area contributed by atoms with Crippen LogP contribution >= 0.6 is 0 Å². The zero-order valence-electron chi connectivity index (χ0n) is 14.3. The molecule has 0 spiro atoms. The summed E-state index contributed by atoms with van der Waals surface area (Å²) in [5.74, 6) is 0. The van der Waals surface area contributed by atoms with Gasteiger partial charge in [-0.1, -0.05) is 6.92 Å². The van der Waals surface area contributed by atoms with Gasteiger partial charge in [0.15, 0.2) is 0 Å². The van der Waals surface area contributed by atoms with Crippen LogP contribution in [0.15, 0.2) is 10.9 Å². The summed E-state index contributed by atoms with van der Waals surface area (Å²) >= 11 is 0. The minimum Gasteiger partial charge on any atom is -0.385 e. The molecule has 1 aromatic rings. The van der Waals surface area contributed by atoms with E-state index in [-0.39, 0.29) is 5.56 Å². The molecule has 5 nitrogen and oxygen atoms in total. The second kappa shape index (κ2) is 6.94. The van der Waals surface area contributed by atoms with Gasteiger partial charge >= 0.3 is 0 Å². The third kappa shape index (κ3) is 3.59. The minimum absolute atomic E-state index is 0.0623. The van der Waals surface area contributed by atoms with Crippen LogP contribution in [0.25, 0.3) is 0 Å². The maximum Gasteiger partial charge on any atom is 0.255 e. The molecule has 0 atom stereocenters. The van der Waals surface area contributed by atoms with E-state index in [4.69, 9.17) is 10.5 Å². The summed E-state index contributed by atoms with van der Waals surface area (Å²) in [6.07, 6.45) is 1.77. The van der Waals surface area contributed by atoms with Gasteiger partial charge in [-0.15, -0.1) is 0 Å². The summed E-state index contributed by atoms with van der Waals surface area (Å²) < 4.78 is 7.07. The number of fused-ring (bicyclic) bond motifs is 1.